The number of ketones is 1. The first-order chi connectivity index (χ1) is 8.83. The first-order valence-corrected chi connectivity index (χ1v) is 6.61. The van der Waals surface area contributed by atoms with Crippen LogP contribution in [0.15, 0.2) is 24.3 Å². The number of hydrogen-bond acceptors (Lipinski definition) is 4. The quantitative estimate of drug-likeness (QED) is 0.789. The summed E-state index contributed by atoms with van der Waals surface area (Å²) in [6.45, 7) is 3.53. The normalized spacial score (nSPS) is 31.9. The van der Waals surface area contributed by atoms with Crippen LogP contribution in [0.2, 0.25) is 0 Å². The number of ether oxygens (including phenoxy) is 1. The van der Waals surface area contributed by atoms with Crippen LogP contribution in [0.5, 0.6) is 0 Å². The molecule has 1 spiro atoms. The monoisotopic (exact) mass is 264 g/mol. The van der Waals surface area contributed by atoms with E-state index < -0.39 is 5.60 Å². The maximum atomic E-state index is 11.2. The molecule has 1 fully saturated rings. The highest BCUT2D eigenvalue weighted by atomic mass is 16.5. The van der Waals surface area contributed by atoms with E-state index in [4.69, 9.17) is 4.74 Å². The molecule has 4 heteroatoms. The van der Waals surface area contributed by atoms with Gasteiger partial charge in [0.2, 0.25) is 0 Å². The zero-order chi connectivity index (χ0) is 14.1. The number of carbonyl (C=O) groups excluding carboxylic acids is 2. The highest BCUT2D eigenvalue weighted by molar-refractivity contribution is 6.00. The molecule has 104 valence electrons. The lowest BCUT2D eigenvalue weighted by molar-refractivity contribution is -0.141. The number of rotatable bonds is 3. The molecule has 0 aromatic rings. The van der Waals surface area contributed by atoms with Crippen LogP contribution >= 0.6 is 0 Å². The average molecular weight is 264 g/mol. The van der Waals surface area contributed by atoms with Gasteiger partial charge in [-0.15, -0.1) is 0 Å². The molecule has 1 N–H and O–H groups in total. The summed E-state index contributed by atoms with van der Waals surface area (Å²) < 4.78 is 4.95. The molecule has 1 saturated carbocycles. The Balaban J connectivity index is 2.02. The van der Waals surface area contributed by atoms with Crippen LogP contribution in [0.3, 0.4) is 0 Å². The molecule has 0 heterocycles. The number of hydrogen-bond donors (Lipinski definition) is 1. The van der Waals surface area contributed by atoms with Crippen LogP contribution in [0.1, 0.15) is 33.1 Å². The molecule has 4 nitrogen and oxygen atoms in total. The van der Waals surface area contributed by atoms with E-state index >= 15 is 0 Å². The third kappa shape index (κ3) is 3.13. The molecule has 0 amide bonds. The van der Waals surface area contributed by atoms with Crippen LogP contribution in [0.25, 0.3) is 0 Å². The van der Waals surface area contributed by atoms with Gasteiger partial charge in [-0.2, -0.15) is 0 Å². The molecule has 0 aromatic carbocycles. The molecule has 2 aliphatic carbocycles. The molecule has 0 aliphatic heterocycles. The van der Waals surface area contributed by atoms with Gasteiger partial charge in [0.15, 0.2) is 5.78 Å². The summed E-state index contributed by atoms with van der Waals surface area (Å²) >= 11 is 0. The second kappa shape index (κ2) is 4.93. The number of allylic oxidation sites excluding steroid dienone is 4. The molecule has 0 aromatic heterocycles. The van der Waals surface area contributed by atoms with Crippen molar-refractivity contribution in [3.05, 3.63) is 24.3 Å². The Bertz CT molecular complexity index is 429. The molecule has 2 atom stereocenters. The molecule has 0 saturated heterocycles. The van der Waals surface area contributed by atoms with Crippen molar-refractivity contribution in [1.82, 2.24) is 0 Å². The van der Waals surface area contributed by atoms with Crippen LogP contribution < -0.4 is 0 Å². The van der Waals surface area contributed by atoms with Gasteiger partial charge < -0.3 is 9.84 Å². The summed E-state index contributed by atoms with van der Waals surface area (Å²) in [5.74, 6) is -0.238. The van der Waals surface area contributed by atoms with Crippen LogP contribution in [0, 0.1) is 11.3 Å². The predicted molar refractivity (Wildman–Crippen MR) is 70.3 cm³/mol. The summed E-state index contributed by atoms with van der Waals surface area (Å²) in [5, 5.41) is 10.5. The molecule has 19 heavy (non-hydrogen) atoms. The van der Waals surface area contributed by atoms with Gasteiger partial charge in [-0.05, 0) is 44.3 Å². The standard InChI is InChI=1S/C15H20O4/c1-11(16)19-8-5-12-9-15(10-14(12,2)18)6-3-13(17)4-7-15/h3-4,6-7,12,18H,5,8-10H2,1-2H3/t12-,14+/m1/s1. The minimum absolute atomic E-state index is 0.00590. The van der Waals surface area contributed by atoms with E-state index in [1.165, 1.54) is 6.92 Å². The lowest BCUT2D eigenvalue weighted by Gasteiger charge is -2.26. The van der Waals surface area contributed by atoms with Crippen molar-refractivity contribution >= 4 is 11.8 Å². The summed E-state index contributed by atoms with van der Waals surface area (Å²) in [5.41, 5.74) is -1.02. The Morgan fingerprint density at radius 2 is 2.11 bits per heavy atom. The third-order valence-corrected chi connectivity index (χ3v) is 4.12. The van der Waals surface area contributed by atoms with E-state index in [1.807, 2.05) is 19.1 Å². The Morgan fingerprint density at radius 1 is 1.47 bits per heavy atom. The third-order valence-electron chi connectivity index (χ3n) is 4.12. The largest absolute Gasteiger partial charge is 0.466 e. The second-order valence-electron chi connectivity index (χ2n) is 5.87. The smallest absolute Gasteiger partial charge is 0.302 e. The average Bonchev–Trinajstić information content (AvgIpc) is 2.55. The van der Waals surface area contributed by atoms with Crippen LogP contribution in [-0.2, 0) is 14.3 Å². The van der Waals surface area contributed by atoms with Gasteiger partial charge in [-0.1, -0.05) is 12.2 Å². The minimum atomic E-state index is -0.796. The fraction of sp³-hybridized carbons (Fsp3) is 0.600. The van der Waals surface area contributed by atoms with Gasteiger partial charge in [-0.25, -0.2) is 0 Å². The Hall–Kier alpha value is -1.42. The van der Waals surface area contributed by atoms with Crippen molar-refractivity contribution in [2.75, 3.05) is 6.61 Å². The van der Waals surface area contributed by atoms with E-state index in [1.54, 1.807) is 12.2 Å². The molecule has 0 unspecified atom stereocenters. The number of esters is 1. The van der Waals surface area contributed by atoms with Gasteiger partial charge in [-0.3, -0.25) is 9.59 Å². The van der Waals surface area contributed by atoms with Crippen molar-refractivity contribution in [1.29, 1.82) is 0 Å². The van der Waals surface area contributed by atoms with Crippen molar-refractivity contribution in [2.45, 2.75) is 38.7 Å². The first-order valence-electron chi connectivity index (χ1n) is 6.61. The van der Waals surface area contributed by atoms with Gasteiger partial charge in [0.25, 0.3) is 0 Å². The van der Waals surface area contributed by atoms with Gasteiger partial charge >= 0.3 is 5.97 Å². The van der Waals surface area contributed by atoms with Gasteiger partial charge in [0, 0.05) is 12.3 Å². The van der Waals surface area contributed by atoms with E-state index in [0.29, 0.717) is 19.4 Å². The highest BCUT2D eigenvalue weighted by Gasteiger charge is 2.49. The van der Waals surface area contributed by atoms with E-state index in [2.05, 4.69) is 0 Å². The van der Waals surface area contributed by atoms with E-state index in [-0.39, 0.29) is 23.1 Å². The molecule has 2 aliphatic rings. The van der Waals surface area contributed by atoms with Crippen molar-refractivity contribution in [3.63, 3.8) is 0 Å². The molecular weight excluding hydrogens is 244 g/mol. The van der Waals surface area contributed by atoms with Crippen molar-refractivity contribution < 1.29 is 19.4 Å². The fourth-order valence-corrected chi connectivity index (χ4v) is 3.18. The highest BCUT2D eigenvalue weighted by Crippen LogP contribution is 2.51. The summed E-state index contributed by atoms with van der Waals surface area (Å²) in [6, 6.07) is 0. The SMILES string of the molecule is CC(=O)OCC[C@@H]1CC2(C=CC(=O)C=C2)C[C@]1(C)O. The molecule has 0 bridgehead atoms. The fourth-order valence-electron chi connectivity index (χ4n) is 3.18. The first kappa shape index (κ1) is 14.0. The van der Waals surface area contributed by atoms with Gasteiger partial charge in [0.1, 0.15) is 0 Å². The molecule has 0 radical (unpaired) electrons. The maximum Gasteiger partial charge on any atom is 0.302 e. The minimum Gasteiger partial charge on any atom is -0.466 e. The molecular formula is C15H20O4. The van der Waals surface area contributed by atoms with Crippen LogP contribution in [-0.4, -0.2) is 29.1 Å². The van der Waals surface area contributed by atoms with Crippen LogP contribution in [0.4, 0.5) is 0 Å². The van der Waals surface area contributed by atoms with Crippen molar-refractivity contribution in [3.8, 4) is 0 Å². The zero-order valence-corrected chi connectivity index (χ0v) is 11.4. The zero-order valence-electron chi connectivity index (χ0n) is 11.4. The van der Waals surface area contributed by atoms with E-state index in [0.717, 1.165) is 6.42 Å². The lowest BCUT2D eigenvalue weighted by atomic mass is 9.81. The van der Waals surface area contributed by atoms with E-state index in [9.17, 15) is 14.7 Å². The summed E-state index contributed by atoms with van der Waals surface area (Å²) in [6.07, 6.45) is 8.97. The lowest BCUT2D eigenvalue weighted by Crippen LogP contribution is -2.30. The topological polar surface area (TPSA) is 63.6 Å². The Kier molecular flexibility index (Phi) is 3.63. The number of carbonyl (C=O) groups is 2. The van der Waals surface area contributed by atoms with Gasteiger partial charge in [0.05, 0.1) is 12.2 Å². The Labute approximate surface area is 113 Å². The second-order valence-corrected chi connectivity index (χ2v) is 5.87. The number of aliphatic hydroxyl groups is 1. The summed E-state index contributed by atoms with van der Waals surface area (Å²) in [7, 11) is 0. The molecule has 2 rings (SSSR count). The predicted octanol–water partition coefficient (Wildman–Crippen LogP) is 1.78. The maximum absolute atomic E-state index is 11.2. The Morgan fingerprint density at radius 3 is 2.68 bits per heavy atom. The summed E-state index contributed by atoms with van der Waals surface area (Å²) in [4.78, 5) is 22.0. The van der Waals surface area contributed by atoms with Crippen molar-refractivity contribution in [2.24, 2.45) is 11.3 Å².